The Morgan fingerprint density at radius 2 is 1.89 bits per heavy atom. The second kappa shape index (κ2) is 3.15. The van der Waals surface area contributed by atoms with Crippen LogP contribution in [0.2, 0.25) is 0 Å². The zero-order chi connectivity index (χ0) is 7.44. The fourth-order valence-electron chi connectivity index (χ4n) is 0.100. The molecule has 0 aromatic heterocycles. The van der Waals surface area contributed by atoms with E-state index in [1.807, 2.05) is 0 Å². The lowest BCUT2D eigenvalue weighted by Crippen LogP contribution is -2.16. The first-order chi connectivity index (χ1) is 4.04. The van der Waals surface area contributed by atoms with Gasteiger partial charge in [-0.2, -0.15) is 4.21 Å². The van der Waals surface area contributed by atoms with Crippen LogP contribution in [0.1, 0.15) is 0 Å². The fourth-order valence-corrected chi connectivity index (χ4v) is 0.301. The topological polar surface area (TPSA) is 101 Å². The van der Waals surface area contributed by atoms with Crippen molar-refractivity contribution in [2.24, 2.45) is 0 Å². The summed E-state index contributed by atoms with van der Waals surface area (Å²) in [5, 5.41) is 7.71. The molecule has 1 atom stereocenters. The molecule has 6 nitrogen and oxygen atoms in total. The van der Waals surface area contributed by atoms with Crippen LogP contribution in [0.15, 0.2) is 0 Å². The van der Waals surface area contributed by atoms with E-state index in [0.29, 0.717) is 0 Å². The van der Waals surface area contributed by atoms with Crippen molar-refractivity contribution in [2.75, 3.05) is 0 Å². The van der Waals surface area contributed by atoms with Gasteiger partial charge in [-0.1, -0.05) is 0 Å². The molecule has 0 spiro atoms. The zero-order valence-corrected chi connectivity index (χ0v) is 4.75. The fraction of sp³-hybridized carbons (Fsp3) is 0. The van der Waals surface area contributed by atoms with Crippen molar-refractivity contribution in [1.82, 2.24) is 0 Å². The van der Waals surface area contributed by atoms with E-state index in [4.69, 9.17) is 9.66 Å². The van der Waals surface area contributed by atoms with Crippen LogP contribution in [0.4, 0.5) is 0 Å². The molecule has 7 heteroatoms. The molecule has 0 aromatic carbocycles. The maximum atomic E-state index is 9.78. The maximum Gasteiger partial charge on any atom is 0.432 e. The molecular formula is C2H2O6S. The molecule has 9 heavy (non-hydrogen) atoms. The van der Waals surface area contributed by atoms with Crippen LogP contribution < -0.4 is 0 Å². The van der Waals surface area contributed by atoms with Gasteiger partial charge in [-0.15, -0.1) is 0 Å². The zero-order valence-electron chi connectivity index (χ0n) is 3.94. The van der Waals surface area contributed by atoms with Gasteiger partial charge in [0, 0.05) is 0 Å². The third-order valence-corrected chi connectivity index (χ3v) is 0.616. The molecule has 2 N–H and O–H groups in total. The van der Waals surface area contributed by atoms with E-state index < -0.39 is 23.3 Å². The minimum absolute atomic E-state index is 1.75. The van der Waals surface area contributed by atoms with Gasteiger partial charge in [0.05, 0.1) is 0 Å². The van der Waals surface area contributed by atoms with Gasteiger partial charge in [0.25, 0.3) is 0 Å². The molecule has 1 unspecified atom stereocenters. The Morgan fingerprint density at radius 1 is 1.44 bits per heavy atom. The molecule has 0 aromatic rings. The molecule has 52 valence electrons. The number of carbonyl (C=O) groups is 2. The van der Waals surface area contributed by atoms with Crippen LogP contribution in [-0.2, 0) is 25.1 Å². The lowest BCUT2D eigenvalue weighted by molar-refractivity contribution is -0.157. The van der Waals surface area contributed by atoms with Gasteiger partial charge in [0.1, 0.15) is 0 Å². The Bertz CT molecular complexity index is 160. The second-order valence-electron chi connectivity index (χ2n) is 0.893. The molecule has 0 aliphatic carbocycles. The monoisotopic (exact) mass is 154 g/mol. The standard InChI is InChI=1S/C2H2O6S/c3-1(4)2(5)8-9(6)7/h(H,3,4)(H,6,7). The molecule has 0 radical (unpaired) electrons. The summed E-state index contributed by atoms with van der Waals surface area (Å²) in [6.45, 7) is 0. The van der Waals surface area contributed by atoms with Crippen LogP contribution in [0.25, 0.3) is 0 Å². The van der Waals surface area contributed by atoms with Gasteiger partial charge in [0.2, 0.25) is 0 Å². The third-order valence-electron chi connectivity index (χ3n) is 0.322. The molecule has 0 aliphatic rings. The Balaban J connectivity index is 3.79. The van der Waals surface area contributed by atoms with Gasteiger partial charge in [-0.3, -0.25) is 4.55 Å². The Kier molecular flexibility index (Phi) is 2.82. The van der Waals surface area contributed by atoms with Crippen molar-refractivity contribution < 1.29 is 27.6 Å². The Labute approximate surface area is 51.9 Å². The first-order valence-electron chi connectivity index (χ1n) is 1.60. The predicted molar refractivity (Wildman–Crippen MR) is 24.5 cm³/mol. The molecule has 0 aliphatic heterocycles. The van der Waals surface area contributed by atoms with Gasteiger partial charge < -0.3 is 9.29 Å². The Morgan fingerprint density at radius 3 is 2.00 bits per heavy atom. The molecule has 0 rings (SSSR count). The van der Waals surface area contributed by atoms with Crippen molar-refractivity contribution in [1.29, 1.82) is 0 Å². The normalized spacial score (nSPS) is 12.1. The van der Waals surface area contributed by atoms with Crippen molar-refractivity contribution in [2.45, 2.75) is 0 Å². The van der Waals surface area contributed by atoms with Crippen molar-refractivity contribution in [3.63, 3.8) is 0 Å². The van der Waals surface area contributed by atoms with Crippen LogP contribution in [-0.4, -0.2) is 25.8 Å². The highest BCUT2D eigenvalue weighted by atomic mass is 32.2. The Hall–Kier alpha value is -0.950. The van der Waals surface area contributed by atoms with Crippen LogP contribution in [0, 0.1) is 0 Å². The van der Waals surface area contributed by atoms with Gasteiger partial charge in [0.15, 0.2) is 0 Å². The van der Waals surface area contributed by atoms with Crippen molar-refractivity contribution in [3.05, 3.63) is 0 Å². The van der Waals surface area contributed by atoms with Gasteiger partial charge >= 0.3 is 23.3 Å². The van der Waals surface area contributed by atoms with E-state index in [2.05, 4.69) is 4.18 Å². The second-order valence-corrected chi connectivity index (χ2v) is 1.49. The molecule has 0 bridgehead atoms. The van der Waals surface area contributed by atoms with E-state index in [0.717, 1.165) is 0 Å². The third kappa shape index (κ3) is 3.62. The van der Waals surface area contributed by atoms with Crippen molar-refractivity contribution in [3.8, 4) is 0 Å². The number of rotatable bonds is 1. The molecule has 0 amide bonds. The highest BCUT2D eigenvalue weighted by Crippen LogP contribution is 1.80. The van der Waals surface area contributed by atoms with E-state index in [9.17, 15) is 13.8 Å². The molecule has 0 fully saturated rings. The molecule has 0 saturated heterocycles. The van der Waals surface area contributed by atoms with E-state index in [-0.39, 0.29) is 0 Å². The highest BCUT2D eigenvalue weighted by Gasteiger charge is 2.15. The number of aliphatic carboxylic acids is 1. The number of hydrogen-bond donors (Lipinski definition) is 2. The summed E-state index contributed by atoms with van der Waals surface area (Å²) in [5.41, 5.74) is 0. The lowest BCUT2D eigenvalue weighted by Gasteiger charge is -1.89. The highest BCUT2D eigenvalue weighted by molar-refractivity contribution is 7.74. The first-order valence-corrected chi connectivity index (χ1v) is 2.63. The number of hydrogen-bond acceptors (Lipinski definition) is 4. The smallest absolute Gasteiger partial charge is 0.432 e. The van der Waals surface area contributed by atoms with E-state index in [1.54, 1.807) is 0 Å². The first kappa shape index (κ1) is 8.05. The summed E-state index contributed by atoms with van der Waals surface area (Å²) in [7, 11) is 0. The molecule has 0 heterocycles. The quantitative estimate of drug-likeness (QED) is 0.361. The SMILES string of the molecule is O=C(O)C(=O)OS(=O)O. The molecular weight excluding hydrogens is 152 g/mol. The average Bonchev–Trinajstić information content (AvgIpc) is 1.63. The van der Waals surface area contributed by atoms with Crippen LogP contribution in [0.3, 0.4) is 0 Å². The van der Waals surface area contributed by atoms with Crippen LogP contribution in [0.5, 0.6) is 0 Å². The minimum Gasteiger partial charge on any atom is -0.473 e. The number of carbonyl (C=O) groups excluding carboxylic acids is 1. The van der Waals surface area contributed by atoms with Crippen molar-refractivity contribution >= 4 is 23.3 Å². The summed E-state index contributed by atoms with van der Waals surface area (Å²) < 4.78 is 20.6. The average molecular weight is 154 g/mol. The predicted octanol–water partition coefficient (Wildman–Crippen LogP) is -1.25. The summed E-state index contributed by atoms with van der Waals surface area (Å²) in [4.78, 5) is 19.3. The summed E-state index contributed by atoms with van der Waals surface area (Å²) in [6.07, 6.45) is 0. The lowest BCUT2D eigenvalue weighted by atomic mass is 10.7. The maximum absolute atomic E-state index is 9.78. The minimum atomic E-state index is -2.85. The summed E-state index contributed by atoms with van der Waals surface area (Å²) in [5.74, 6) is -3.66. The largest absolute Gasteiger partial charge is 0.473 e. The summed E-state index contributed by atoms with van der Waals surface area (Å²) in [6, 6.07) is 0. The van der Waals surface area contributed by atoms with E-state index >= 15 is 0 Å². The van der Waals surface area contributed by atoms with Gasteiger partial charge in [-0.25, -0.2) is 9.59 Å². The number of carboxylic acid groups (broad SMARTS) is 1. The van der Waals surface area contributed by atoms with Gasteiger partial charge in [-0.05, 0) is 0 Å². The molecule has 0 saturated carbocycles. The number of carboxylic acids is 1. The van der Waals surface area contributed by atoms with E-state index in [1.165, 1.54) is 0 Å². The summed E-state index contributed by atoms with van der Waals surface area (Å²) >= 11 is -2.85. The van der Waals surface area contributed by atoms with Crippen LogP contribution >= 0.6 is 0 Å².